The highest BCUT2D eigenvalue weighted by Gasteiger charge is 2.30. The highest BCUT2D eigenvalue weighted by Crippen LogP contribution is 2.27. The van der Waals surface area contributed by atoms with Gasteiger partial charge >= 0.3 is 0 Å². The maximum atomic E-state index is 13.2. The van der Waals surface area contributed by atoms with E-state index in [9.17, 15) is 14.4 Å². The Morgan fingerprint density at radius 3 is 2.36 bits per heavy atom. The summed E-state index contributed by atoms with van der Waals surface area (Å²) in [4.78, 5) is 47.8. The summed E-state index contributed by atoms with van der Waals surface area (Å²) in [5.41, 5.74) is 5.15. The van der Waals surface area contributed by atoms with Gasteiger partial charge in [0.15, 0.2) is 0 Å². The van der Waals surface area contributed by atoms with Gasteiger partial charge in [-0.05, 0) is 107 Å². The molecule has 7 rings (SSSR count). The Morgan fingerprint density at radius 2 is 1.68 bits per heavy atom. The highest BCUT2D eigenvalue weighted by molar-refractivity contribution is 5.84. The maximum absolute atomic E-state index is 13.2. The number of piperidine rings is 2. The molecule has 3 N–H and O–H groups in total. The lowest BCUT2D eigenvalue weighted by molar-refractivity contribution is -0.135. The minimum absolute atomic E-state index is 0.00301. The fourth-order valence-electron chi connectivity index (χ4n) is 7.65. The number of likely N-dealkylation sites (tertiary alicyclic amines) is 2. The van der Waals surface area contributed by atoms with Crippen LogP contribution in [0.3, 0.4) is 0 Å². The van der Waals surface area contributed by atoms with Crippen LogP contribution >= 0.6 is 0 Å². The van der Waals surface area contributed by atoms with E-state index in [1.54, 1.807) is 4.90 Å². The first kappa shape index (κ1) is 36.9. The molecule has 2 aromatic carbocycles. The van der Waals surface area contributed by atoms with E-state index in [1.165, 1.54) is 37.1 Å². The van der Waals surface area contributed by atoms with Crippen LogP contribution in [0.1, 0.15) is 48.3 Å². The summed E-state index contributed by atoms with van der Waals surface area (Å²) >= 11 is 0. The third kappa shape index (κ3) is 8.88. The van der Waals surface area contributed by atoms with E-state index in [0.29, 0.717) is 12.5 Å². The number of aryl methyl sites for hydroxylation is 1. The monoisotopic (exact) mass is 682 g/mol. The topological polar surface area (TPSA) is 121 Å². The number of H-pyrrole nitrogens is 2. The lowest BCUT2D eigenvalue weighted by Crippen LogP contribution is -2.57. The maximum Gasteiger partial charge on any atom is 0.251 e. The number of pyridine rings is 1. The van der Waals surface area contributed by atoms with Gasteiger partial charge in [0, 0.05) is 61.8 Å². The molecule has 11 heteroatoms. The molecule has 3 fully saturated rings. The van der Waals surface area contributed by atoms with Crippen LogP contribution in [0, 0.1) is 6.92 Å². The third-order valence-electron chi connectivity index (χ3n) is 10.6. The average molecular weight is 683 g/mol. The number of hydrogen-bond donors (Lipinski definition) is 3. The molecule has 0 spiro atoms. The molecule has 0 radical (unpaired) electrons. The Kier molecular flexibility index (Phi) is 13.0. The first-order valence-electron chi connectivity index (χ1n) is 18.0. The predicted octanol–water partition coefficient (Wildman–Crippen LogP) is 3.91. The molecular weight excluding hydrogens is 628 g/mol. The summed E-state index contributed by atoms with van der Waals surface area (Å²) in [7, 11) is 4.09. The van der Waals surface area contributed by atoms with Gasteiger partial charge in [0.25, 0.3) is 5.56 Å². The van der Waals surface area contributed by atoms with Gasteiger partial charge in [0.1, 0.15) is 0 Å². The zero-order valence-electron chi connectivity index (χ0n) is 30.0. The second-order valence-electron chi connectivity index (χ2n) is 13.7. The molecule has 0 aliphatic carbocycles. The number of likely N-dealkylation sites (N-methyl/N-ethyl adjacent to an activating group) is 1. The van der Waals surface area contributed by atoms with E-state index in [4.69, 9.17) is 0 Å². The Bertz CT molecular complexity index is 1760. The molecule has 5 heterocycles. The number of aromatic amines is 2. The summed E-state index contributed by atoms with van der Waals surface area (Å²) in [6, 6.07) is 14.6. The SMILES string of the molecule is C=C.CNC(Cc1cc(C)c2[nH]ncc2c1)C(=O)N1CCN(C2CCN(C)CC2)CC1.O=CN1CCC(c2cc3ccccc3[nH]c2=O)CC1. The molecule has 2 aromatic heterocycles. The van der Waals surface area contributed by atoms with E-state index < -0.39 is 0 Å². The molecular formula is C39H54N8O3. The van der Waals surface area contributed by atoms with Gasteiger partial charge in [-0.2, -0.15) is 5.10 Å². The van der Waals surface area contributed by atoms with Gasteiger partial charge in [-0.15, -0.1) is 13.2 Å². The average Bonchev–Trinajstić information content (AvgIpc) is 3.64. The number of nitrogens with one attached hydrogen (secondary N) is 3. The molecule has 3 saturated heterocycles. The molecule has 268 valence electrons. The van der Waals surface area contributed by atoms with Crippen molar-refractivity contribution in [2.75, 3.05) is 66.5 Å². The van der Waals surface area contributed by atoms with Crippen molar-refractivity contribution in [1.29, 1.82) is 0 Å². The zero-order valence-corrected chi connectivity index (χ0v) is 30.0. The van der Waals surface area contributed by atoms with Crippen molar-refractivity contribution >= 4 is 34.1 Å². The van der Waals surface area contributed by atoms with Crippen molar-refractivity contribution < 1.29 is 9.59 Å². The van der Waals surface area contributed by atoms with Crippen molar-refractivity contribution in [2.24, 2.45) is 0 Å². The number of carbonyl (C=O) groups is 2. The lowest BCUT2D eigenvalue weighted by atomic mass is 9.90. The first-order valence-corrected chi connectivity index (χ1v) is 18.0. The van der Waals surface area contributed by atoms with Crippen molar-refractivity contribution in [3.8, 4) is 0 Å². The van der Waals surface area contributed by atoms with Crippen LogP contribution in [0.15, 0.2) is 66.6 Å². The summed E-state index contributed by atoms with van der Waals surface area (Å²) in [5.74, 6) is 0.477. The summed E-state index contributed by atoms with van der Waals surface area (Å²) < 4.78 is 0. The first-order chi connectivity index (χ1) is 24.3. The zero-order chi connectivity index (χ0) is 35.6. The quantitative estimate of drug-likeness (QED) is 0.200. The van der Waals surface area contributed by atoms with Crippen LogP contribution in [0.5, 0.6) is 0 Å². The number of hydrogen-bond acceptors (Lipinski definition) is 7. The smallest absolute Gasteiger partial charge is 0.251 e. The van der Waals surface area contributed by atoms with Crippen LogP contribution in [0.4, 0.5) is 0 Å². The predicted molar refractivity (Wildman–Crippen MR) is 201 cm³/mol. The number of fused-ring (bicyclic) bond motifs is 2. The summed E-state index contributed by atoms with van der Waals surface area (Å²) in [6.45, 7) is 15.6. The standard InChI is InChI=1S/C22H34N6O.C15H16N2O2.C2H4/c1-16-12-17(13-18-15-24-25-21(16)18)14-20(23-2)22(29)28-10-8-27(9-11-28)19-4-6-26(3)7-5-19;18-10-17-7-5-11(6-8-17)13-9-12-3-1-2-4-14(12)16-15(13)19;1-2/h12-13,15,19-20,23H,4-11,14H2,1-3H3,(H,24,25);1-4,9-11H,5-8H2,(H,16,19);1-2H2. The minimum Gasteiger partial charge on any atom is -0.345 e. The number of aromatic nitrogens is 3. The molecule has 2 amide bonds. The van der Waals surface area contributed by atoms with Crippen LogP contribution in [-0.2, 0) is 16.0 Å². The fraction of sp³-hybridized carbons (Fsp3) is 0.487. The Labute approximate surface area is 295 Å². The van der Waals surface area contributed by atoms with Gasteiger partial charge in [-0.1, -0.05) is 24.3 Å². The number of rotatable bonds is 7. The number of carbonyl (C=O) groups excluding carboxylic acids is 2. The largest absolute Gasteiger partial charge is 0.345 e. The lowest BCUT2D eigenvalue weighted by Gasteiger charge is -2.42. The Balaban J connectivity index is 0.000000200. The van der Waals surface area contributed by atoms with Crippen LogP contribution < -0.4 is 10.9 Å². The second-order valence-corrected chi connectivity index (χ2v) is 13.7. The molecule has 1 unspecified atom stereocenters. The van der Waals surface area contributed by atoms with Crippen LogP contribution in [0.2, 0.25) is 0 Å². The summed E-state index contributed by atoms with van der Waals surface area (Å²) in [6.07, 6.45) is 7.66. The van der Waals surface area contributed by atoms with Crippen molar-refractivity contribution in [3.05, 3.63) is 88.9 Å². The van der Waals surface area contributed by atoms with E-state index in [-0.39, 0.29) is 23.4 Å². The van der Waals surface area contributed by atoms with Crippen molar-refractivity contribution in [1.82, 2.24) is 40.1 Å². The fourth-order valence-corrected chi connectivity index (χ4v) is 7.65. The molecule has 4 aromatic rings. The molecule has 11 nitrogen and oxygen atoms in total. The van der Waals surface area contributed by atoms with Gasteiger partial charge in [0.2, 0.25) is 12.3 Å². The van der Waals surface area contributed by atoms with E-state index in [0.717, 1.165) is 85.9 Å². The van der Waals surface area contributed by atoms with E-state index >= 15 is 0 Å². The second kappa shape index (κ2) is 17.6. The van der Waals surface area contributed by atoms with Gasteiger partial charge in [0.05, 0.1) is 17.8 Å². The number of amides is 2. The van der Waals surface area contributed by atoms with E-state index in [1.807, 2.05) is 43.6 Å². The molecule has 1 atom stereocenters. The minimum atomic E-state index is -0.186. The summed E-state index contributed by atoms with van der Waals surface area (Å²) in [5, 5.41) is 12.6. The van der Waals surface area contributed by atoms with Gasteiger partial charge in [-0.3, -0.25) is 24.4 Å². The van der Waals surface area contributed by atoms with Crippen LogP contribution in [0.25, 0.3) is 21.8 Å². The van der Waals surface area contributed by atoms with E-state index in [2.05, 4.69) is 74.5 Å². The highest BCUT2D eigenvalue weighted by atomic mass is 16.2. The number of para-hydroxylation sites is 1. The van der Waals surface area contributed by atoms with Crippen molar-refractivity contribution in [3.63, 3.8) is 0 Å². The Morgan fingerprint density at radius 1 is 0.980 bits per heavy atom. The molecule has 3 aliphatic rings. The number of piperazine rings is 1. The third-order valence-corrected chi connectivity index (χ3v) is 10.6. The normalized spacial score (nSPS) is 18.6. The van der Waals surface area contributed by atoms with Crippen LogP contribution in [-0.4, -0.2) is 126 Å². The molecule has 0 saturated carbocycles. The molecule has 0 bridgehead atoms. The van der Waals surface area contributed by atoms with Gasteiger partial charge < -0.3 is 25.0 Å². The van der Waals surface area contributed by atoms with Crippen molar-refractivity contribution in [2.45, 2.75) is 57.0 Å². The molecule has 50 heavy (non-hydrogen) atoms. The number of nitrogens with zero attached hydrogens (tertiary/aromatic N) is 5. The Hall–Kier alpha value is -4.32. The number of benzene rings is 2. The van der Waals surface area contributed by atoms with Gasteiger partial charge in [-0.25, -0.2) is 0 Å². The molecule has 3 aliphatic heterocycles.